The van der Waals surface area contributed by atoms with Crippen molar-refractivity contribution in [1.82, 2.24) is 47.9 Å². The molecule has 0 spiro atoms. The van der Waals surface area contributed by atoms with Crippen molar-refractivity contribution in [1.29, 1.82) is 0 Å². The van der Waals surface area contributed by atoms with Crippen molar-refractivity contribution >= 4 is 58.9 Å². The smallest absolute Gasteiger partial charge is 0.243 e. The fraction of sp³-hybridized carbons (Fsp3) is 0.800. The molecule has 0 aromatic carbocycles. The Morgan fingerprint density at radius 1 is 0.397 bits per heavy atom. The van der Waals surface area contributed by atoms with Gasteiger partial charge in [0.05, 0.1) is 18.1 Å². The normalized spacial score (nSPS) is 15.1. The molecule has 9 amide bonds. The molecule has 0 bridgehead atoms. The molecule has 9 unspecified atom stereocenters. The van der Waals surface area contributed by atoms with Crippen molar-refractivity contribution in [2.75, 3.05) is 26.2 Å². The van der Waals surface area contributed by atoms with Gasteiger partial charge in [0.25, 0.3) is 0 Å². The van der Waals surface area contributed by atoms with Gasteiger partial charge < -0.3 is 70.8 Å². The Balaban J connectivity index is 0. The van der Waals surface area contributed by atoms with Crippen molar-refractivity contribution in [2.45, 2.75) is 221 Å². The van der Waals surface area contributed by atoms with Gasteiger partial charge in [0.1, 0.15) is 36.3 Å². The van der Waals surface area contributed by atoms with Gasteiger partial charge in [-0.05, 0) is 130 Å². The number of nitrogens with two attached hydrogens (primary N) is 4. The largest absolute Gasteiger partial charge is 0.355 e. The third kappa shape index (κ3) is 30.5. The molecule has 0 fully saturated rings. The minimum absolute atomic E-state index is 0. The Morgan fingerprint density at radius 2 is 0.699 bits per heavy atom. The van der Waals surface area contributed by atoms with Crippen LogP contribution in [0.1, 0.15) is 167 Å². The van der Waals surface area contributed by atoms with Crippen LogP contribution in [0.4, 0.5) is 0 Å². The highest BCUT2D eigenvalue weighted by Crippen LogP contribution is 2.20. The maximum Gasteiger partial charge on any atom is 0.243 e. The number of Topliss-reactive ketones (excluding diaryl/α,β-unsaturated/α-hetero) is 1. The molecule has 422 valence electrons. The van der Waals surface area contributed by atoms with Crippen LogP contribution in [0, 0.1) is 10.8 Å². The van der Waals surface area contributed by atoms with Gasteiger partial charge in [-0.15, -0.1) is 0 Å². The molecular weight excluding hydrogens is 943 g/mol. The predicted octanol–water partition coefficient (Wildman–Crippen LogP) is -0.347. The van der Waals surface area contributed by atoms with Crippen LogP contribution in [0.5, 0.6) is 0 Å². The topological polar surface area (TPSA) is 383 Å². The highest BCUT2D eigenvalue weighted by Gasteiger charge is 2.34. The SMILES string of the molecule is C.CC(N)C(=O)NCCCCC(NC(=O)C(C)NC(=O)C(C)NC(=O)C(CCCCN)NC(=O)CC(C)(C)C)C(=O)NC(CCCCNC(=O)C(C)N)C(=O)NC(C)C(=O)NC(CCCCN)C(=O)C(C)(C)C. The molecule has 0 aliphatic carbocycles. The molecule has 0 aliphatic rings. The van der Waals surface area contributed by atoms with Crippen molar-refractivity contribution < 1.29 is 47.9 Å². The van der Waals surface area contributed by atoms with E-state index >= 15 is 0 Å². The van der Waals surface area contributed by atoms with Gasteiger partial charge in [-0.25, -0.2) is 0 Å². The van der Waals surface area contributed by atoms with E-state index in [0.29, 0.717) is 70.9 Å². The number of hydrogen-bond acceptors (Lipinski definition) is 14. The summed E-state index contributed by atoms with van der Waals surface area (Å²) in [5, 5.41) is 24.1. The van der Waals surface area contributed by atoms with Gasteiger partial charge in [-0.1, -0.05) is 49.0 Å². The van der Waals surface area contributed by atoms with Crippen molar-refractivity contribution in [3.63, 3.8) is 0 Å². The molecule has 23 nitrogen and oxygen atoms in total. The molecule has 73 heavy (non-hydrogen) atoms. The minimum atomic E-state index is -1.27. The van der Waals surface area contributed by atoms with E-state index in [2.05, 4.69) is 47.9 Å². The zero-order valence-electron chi connectivity index (χ0n) is 45.1. The number of ketones is 1. The maximum absolute atomic E-state index is 14.2. The number of unbranched alkanes of at least 4 members (excludes halogenated alkanes) is 4. The Labute approximate surface area is 435 Å². The van der Waals surface area contributed by atoms with E-state index in [1.807, 2.05) is 20.8 Å². The summed E-state index contributed by atoms with van der Waals surface area (Å²) >= 11 is 0. The van der Waals surface area contributed by atoms with Crippen molar-refractivity contribution in [3.05, 3.63) is 0 Å². The summed E-state index contributed by atoms with van der Waals surface area (Å²) < 4.78 is 0. The molecule has 0 aromatic rings. The van der Waals surface area contributed by atoms with Crippen molar-refractivity contribution in [3.8, 4) is 0 Å². The van der Waals surface area contributed by atoms with Gasteiger partial charge in [-0.2, -0.15) is 0 Å². The fourth-order valence-electron chi connectivity index (χ4n) is 7.03. The zero-order valence-corrected chi connectivity index (χ0v) is 45.1. The number of carbonyl (C=O) groups is 10. The molecule has 17 N–H and O–H groups in total. The first kappa shape index (κ1) is 69.8. The lowest BCUT2D eigenvalue weighted by molar-refractivity contribution is -0.136. The van der Waals surface area contributed by atoms with E-state index in [9.17, 15) is 47.9 Å². The summed E-state index contributed by atoms with van der Waals surface area (Å²) in [5.74, 6) is -5.49. The first-order valence-corrected chi connectivity index (χ1v) is 25.6. The van der Waals surface area contributed by atoms with Gasteiger partial charge in [-0.3, -0.25) is 47.9 Å². The molecule has 9 atom stereocenters. The first-order valence-electron chi connectivity index (χ1n) is 25.6. The number of rotatable bonds is 35. The molecule has 0 saturated carbocycles. The standard InChI is InChI=1S/C49H93N13O10.CH4/c1-29(52)40(65)54-26-18-14-22-36(46(71)58-33(5)43(68)60-34(20-12-16-24-50)39(64)49(9,10)11)62-47(72)37(23-15-19-27-55-41(66)30(2)53)61-44(69)32(4)56-42(67)31(3)57-45(70)35(21-13-17-25-51)59-38(63)28-48(6,7)8;/h29-37H,12-28,50-53H2,1-11H3,(H,54,65)(H,55,66)(H,56,67)(H,57,70)(H,58,71)(H,59,63)(H,60,68)(H,61,69)(H,62,72);1H4. The van der Waals surface area contributed by atoms with Crippen molar-refractivity contribution in [2.24, 2.45) is 33.8 Å². The number of amides is 9. The summed E-state index contributed by atoms with van der Waals surface area (Å²) in [6.07, 6.45) is 4.62. The number of carbonyl (C=O) groups excluding carboxylic acids is 10. The summed E-state index contributed by atoms with van der Waals surface area (Å²) in [5.41, 5.74) is 21.5. The number of nitrogens with one attached hydrogen (secondary N) is 9. The van der Waals surface area contributed by atoms with Crippen LogP contribution in [-0.2, 0) is 47.9 Å². The van der Waals surface area contributed by atoms with Crippen LogP contribution in [-0.4, -0.2) is 140 Å². The second-order valence-corrected chi connectivity index (χ2v) is 21.1. The maximum atomic E-state index is 14.2. The lowest BCUT2D eigenvalue weighted by atomic mass is 9.84. The lowest BCUT2D eigenvalue weighted by Crippen LogP contribution is -2.59. The quantitative estimate of drug-likeness (QED) is 0.0361. The van der Waals surface area contributed by atoms with Crippen LogP contribution >= 0.6 is 0 Å². The molecule has 0 rings (SSSR count). The molecule has 0 aliphatic heterocycles. The minimum Gasteiger partial charge on any atom is -0.355 e. The van der Waals surface area contributed by atoms with Gasteiger partial charge in [0, 0.05) is 24.9 Å². The summed E-state index contributed by atoms with van der Waals surface area (Å²) in [6.45, 7) is 19.5. The Hall–Kier alpha value is -5.26. The van der Waals surface area contributed by atoms with E-state index < -0.39 is 95.2 Å². The summed E-state index contributed by atoms with van der Waals surface area (Å²) in [4.78, 5) is 132. The van der Waals surface area contributed by atoms with E-state index in [0.717, 1.165) is 0 Å². The highest BCUT2D eigenvalue weighted by molar-refractivity contribution is 5.98. The van der Waals surface area contributed by atoms with Crippen LogP contribution in [0.15, 0.2) is 0 Å². The molecule has 0 saturated heterocycles. The second kappa shape index (κ2) is 35.8. The monoisotopic (exact) mass is 1040 g/mol. The van der Waals surface area contributed by atoms with E-state index in [-0.39, 0.29) is 75.1 Å². The molecule has 0 heterocycles. The van der Waals surface area contributed by atoms with Crippen LogP contribution in [0.25, 0.3) is 0 Å². The first-order chi connectivity index (χ1) is 33.4. The lowest BCUT2D eigenvalue weighted by Gasteiger charge is -2.28. The van der Waals surface area contributed by atoms with Crippen LogP contribution in [0.3, 0.4) is 0 Å². The fourth-order valence-corrected chi connectivity index (χ4v) is 7.03. The predicted molar refractivity (Wildman–Crippen MR) is 283 cm³/mol. The van der Waals surface area contributed by atoms with E-state index in [4.69, 9.17) is 22.9 Å². The molecule has 23 heteroatoms. The Morgan fingerprint density at radius 3 is 1.05 bits per heavy atom. The van der Waals surface area contributed by atoms with Crippen LogP contribution < -0.4 is 70.8 Å². The van der Waals surface area contributed by atoms with Crippen LogP contribution in [0.2, 0.25) is 0 Å². The zero-order chi connectivity index (χ0) is 55.4. The second-order valence-electron chi connectivity index (χ2n) is 21.1. The average Bonchev–Trinajstić information content (AvgIpc) is 3.27. The molecule has 0 radical (unpaired) electrons. The van der Waals surface area contributed by atoms with Gasteiger partial charge >= 0.3 is 0 Å². The highest BCUT2D eigenvalue weighted by atomic mass is 16.2. The third-order valence-corrected chi connectivity index (χ3v) is 11.4. The number of hydrogen-bond donors (Lipinski definition) is 13. The average molecular weight is 1040 g/mol. The van der Waals surface area contributed by atoms with Gasteiger partial charge in [0.15, 0.2) is 5.78 Å². The third-order valence-electron chi connectivity index (χ3n) is 11.4. The van der Waals surface area contributed by atoms with E-state index in [1.54, 1.807) is 20.8 Å². The Bertz CT molecular complexity index is 1770. The Kier molecular flexibility index (Phi) is 34.3. The van der Waals surface area contributed by atoms with E-state index in [1.165, 1.54) is 34.6 Å². The molecular formula is C50H97N13O10. The van der Waals surface area contributed by atoms with Gasteiger partial charge in [0.2, 0.25) is 53.2 Å². The summed E-state index contributed by atoms with van der Waals surface area (Å²) in [7, 11) is 0. The summed E-state index contributed by atoms with van der Waals surface area (Å²) in [6, 6.07) is -9.32. The molecule has 0 aromatic heterocycles.